The van der Waals surface area contributed by atoms with Gasteiger partial charge in [0.1, 0.15) is 0 Å². The number of carbonyl (C=O) groups excluding carboxylic acids is 1. The van der Waals surface area contributed by atoms with Crippen molar-refractivity contribution in [2.45, 2.75) is 18.9 Å². The van der Waals surface area contributed by atoms with Crippen LogP contribution in [0, 0.1) is 0 Å². The molecule has 1 atom stereocenters. The third-order valence-corrected chi connectivity index (χ3v) is 5.47. The Labute approximate surface area is 183 Å². The van der Waals surface area contributed by atoms with Gasteiger partial charge in [-0.15, -0.1) is 12.4 Å². The van der Waals surface area contributed by atoms with Gasteiger partial charge in [-0.3, -0.25) is 19.5 Å². The van der Waals surface area contributed by atoms with E-state index < -0.39 is 11.5 Å². The summed E-state index contributed by atoms with van der Waals surface area (Å²) in [6, 6.07) is 16.3. The first-order valence-corrected chi connectivity index (χ1v) is 9.53. The van der Waals surface area contributed by atoms with Gasteiger partial charge in [0, 0.05) is 23.6 Å². The van der Waals surface area contributed by atoms with Gasteiger partial charge in [-0.05, 0) is 30.7 Å². The molecule has 0 unspecified atom stereocenters. The van der Waals surface area contributed by atoms with E-state index in [2.05, 4.69) is 15.2 Å². The molecule has 2 aromatic carbocycles. The van der Waals surface area contributed by atoms with Gasteiger partial charge in [0.05, 0.1) is 28.7 Å². The first-order chi connectivity index (χ1) is 14.5. The number of fused-ring (bicyclic) bond motifs is 2. The Morgan fingerprint density at radius 1 is 1.03 bits per heavy atom. The molecule has 5 rings (SSSR count). The number of anilines is 2. The van der Waals surface area contributed by atoms with Gasteiger partial charge in [0.2, 0.25) is 0 Å². The number of benzene rings is 2. The summed E-state index contributed by atoms with van der Waals surface area (Å²) in [7, 11) is 0. The molecule has 0 aliphatic carbocycles. The molecular formula is C23H19ClN4O3. The molecule has 0 bridgehead atoms. The van der Waals surface area contributed by atoms with Gasteiger partial charge in [-0.25, -0.2) is 5.10 Å². The van der Waals surface area contributed by atoms with Crippen LogP contribution in [-0.4, -0.2) is 26.2 Å². The van der Waals surface area contributed by atoms with E-state index in [4.69, 9.17) is 0 Å². The van der Waals surface area contributed by atoms with Crippen molar-refractivity contribution in [1.82, 2.24) is 15.2 Å². The molecule has 7 nitrogen and oxygen atoms in total. The van der Waals surface area contributed by atoms with Crippen LogP contribution in [0.5, 0.6) is 0 Å². The van der Waals surface area contributed by atoms with Crippen LogP contribution >= 0.6 is 12.4 Å². The molecule has 1 amide bonds. The first-order valence-electron chi connectivity index (χ1n) is 9.53. The standard InChI is InChI=1S/C23H18N4O3.ClH/c1-23(30)18-8-4-5-9-20(18)27(22(23)29)15-10-14(12-24-13-15)11-19-16-6-2-3-7-17(16)21(28)26-25-19;/h2-10,12-13,30H,11H2,1H3,(H,26,28);1H/t23-;/m0./s1. The number of carbonyl (C=O) groups is 1. The molecular weight excluding hydrogens is 416 g/mol. The van der Waals surface area contributed by atoms with Crippen molar-refractivity contribution in [3.63, 3.8) is 0 Å². The number of halogens is 1. The summed E-state index contributed by atoms with van der Waals surface area (Å²) >= 11 is 0. The summed E-state index contributed by atoms with van der Waals surface area (Å²) in [5.74, 6) is -0.421. The number of H-pyrrole nitrogens is 1. The van der Waals surface area contributed by atoms with Crippen LogP contribution in [0.4, 0.5) is 11.4 Å². The van der Waals surface area contributed by atoms with E-state index >= 15 is 0 Å². The molecule has 2 N–H and O–H groups in total. The molecule has 3 heterocycles. The number of nitrogens with zero attached hydrogens (tertiary/aromatic N) is 3. The maximum absolute atomic E-state index is 13.0. The number of nitrogens with one attached hydrogen (secondary N) is 1. The first kappa shape index (κ1) is 20.7. The summed E-state index contributed by atoms with van der Waals surface area (Å²) in [6.07, 6.45) is 3.73. The van der Waals surface area contributed by atoms with Crippen molar-refractivity contribution in [3.8, 4) is 0 Å². The van der Waals surface area contributed by atoms with Gasteiger partial charge < -0.3 is 5.11 Å². The Balaban J connectivity index is 0.00000231. The summed E-state index contributed by atoms with van der Waals surface area (Å²) in [6.45, 7) is 1.50. The lowest BCUT2D eigenvalue weighted by Gasteiger charge is -2.20. The second kappa shape index (κ2) is 7.61. The zero-order valence-corrected chi connectivity index (χ0v) is 17.4. The minimum absolute atomic E-state index is 0. The van der Waals surface area contributed by atoms with Crippen molar-refractivity contribution in [1.29, 1.82) is 0 Å². The molecule has 31 heavy (non-hydrogen) atoms. The number of para-hydroxylation sites is 1. The maximum atomic E-state index is 13.0. The molecule has 4 aromatic rings. The largest absolute Gasteiger partial charge is 0.375 e. The molecule has 0 saturated carbocycles. The summed E-state index contributed by atoms with van der Waals surface area (Å²) < 4.78 is 0. The number of aliphatic hydroxyl groups is 1. The highest BCUT2D eigenvalue weighted by atomic mass is 35.5. The second-order valence-corrected chi connectivity index (χ2v) is 7.50. The summed E-state index contributed by atoms with van der Waals surface area (Å²) in [5.41, 5.74) is 1.48. The Morgan fingerprint density at radius 2 is 1.74 bits per heavy atom. The fourth-order valence-corrected chi connectivity index (χ4v) is 3.97. The number of rotatable bonds is 3. The number of amides is 1. The van der Waals surface area contributed by atoms with Crippen LogP contribution in [0.25, 0.3) is 10.8 Å². The average molecular weight is 435 g/mol. The highest BCUT2D eigenvalue weighted by molar-refractivity contribution is 6.11. The predicted molar refractivity (Wildman–Crippen MR) is 120 cm³/mol. The van der Waals surface area contributed by atoms with E-state index in [1.807, 2.05) is 30.3 Å². The highest BCUT2D eigenvalue weighted by Gasteiger charge is 2.46. The monoisotopic (exact) mass is 434 g/mol. The van der Waals surface area contributed by atoms with Gasteiger partial charge in [-0.1, -0.05) is 36.4 Å². The number of pyridine rings is 1. The highest BCUT2D eigenvalue weighted by Crippen LogP contribution is 2.43. The van der Waals surface area contributed by atoms with Gasteiger partial charge in [0.15, 0.2) is 5.60 Å². The Bertz CT molecular complexity index is 1370. The number of aromatic nitrogens is 3. The van der Waals surface area contributed by atoms with Crippen molar-refractivity contribution in [2.24, 2.45) is 0 Å². The molecule has 1 aliphatic rings. The zero-order valence-electron chi connectivity index (χ0n) is 16.6. The average Bonchev–Trinajstić information content (AvgIpc) is 2.96. The summed E-state index contributed by atoms with van der Waals surface area (Å²) in [4.78, 5) is 30.8. The van der Waals surface area contributed by atoms with Crippen LogP contribution in [0.1, 0.15) is 23.7 Å². The fourth-order valence-electron chi connectivity index (χ4n) is 3.97. The SMILES string of the molecule is C[C@@]1(O)C(=O)N(c2cncc(Cc3n[nH]c(=O)c4ccccc34)c2)c2ccccc21.Cl. The maximum Gasteiger partial charge on any atom is 0.272 e. The van der Waals surface area contributed by atoms with E-state index in [0.29, 0.717) is 34.4 Å². The van der Waals surface area contributed by atoms with Gasteiger partial charge in [0.25, 0.3) is 11.5 Å². The van der Waals surface area contributed by atoms with E-state index in [1.165, 1.54) is 11.8 Å². The number of hydrogen-bond acceptors (Lipinski definition) is 5. The van der Waals surface area contributed by atoms with Crippen molar-refractivity contribution < 1.29 is 9.90 Å². The molecule has 0 fully saturated rings. The van der Waals surface area contributed by atoms with Crippen LogP contribution in [0.2, 0.25) is 0 Å². The van der Waals surface area contributed by atoms with Crippen LogP contribution in [-0.2, 0) is 16.8 Å². The molecule has 0 spiro atoms. The van der Waals surface area contributed by atoms with Crippen LogP contribution in [0.15, 0.2) is 71.8 Å². The second-order valence-electron chi connectivity index (χ2n) is 7.50. The molecule has 156 valence electrons. The number of hydrogen-bond donors (Lipinski definition) is 2. The molecule has 1 aliphatic heterocycles. The lowest BCUT2D eigenvalue weighted by atomic mass is 9.98. The third-order valence-electron chi connectivity index (χ3n) is 5.47. The van der Waals surface area contributed by atoms with E-state index in [0.717, 1.165) is 10.9 Å². The predicted octanol–water partition coefficient (Wildman–Crippen LogP) is 3.22. The third kappa shape index (κ3) is 3.28. The minimum atomic E-state index is -1.59. The molecule has 0 saturated heterocycles. The van der Waals surface area contributed by atoms with E-state index in [-0.39, 0.29) is 18.0 Å². The smallest absolute Gasteiger partial charge is 0.272 e. The fraction of sp³-hybridized carbons (Fsp3) is 0.130. The van der Waals surface area contributed by atoms with Crippen molar-refractivity contribution >= 4 is 40.5 Å². The van der Waals surface area contributed by atoms with E-state index in [9.17, 15) is 14.7 Å². The Kier molecular flexibility index (Phi) is 5.08. The minimum Gasteiger partial charge on any atom is -0.375 e. The lowest BCUT2D eigenvalue weighted by Crippen LogP contribution is -2.35. The van der Waals surface area contributed by atoms with E-state index in [1.54, 1.807) is 36.7 Å². The summed E-state index contributed by atoms with van der Waals surface area (Å²) in [5, 5.41) is 18.8. The van der Waals surface area contributed by atoms with Crippen LogP contribution < -0.4 is 10.5 Å². The van der Waals surface area contributed by atoms with Gasteiger partial charge >= 0.3 is 0 Å². The quantitative estimate of drug-likeness (QED) is 0.515. The van der Waals surface area contributed by atoms with Crippen molar-refractivity contribution in [2.75, 3.05) is 4.90 Å². The molecule has 8 heteroatoms. The lowest BCUT2D eigenvalue weighted by molar-refractivity contribution is -0.133. The molecule has 2 aromatic heterocycles. The number of aromatic amines is 1. The molecule has 0 radical (unpaired) electrons. The Morgan fingerprint density at radius 3 is 2.55 bits per heavy atom. The zero-order chi connectivity index (χ0) is 20.9. The van der Waals surface area contributed by atoms with Crippen molar-refractivity contribution in [3.05, 3.63) is 94.2 Å². The van der Waals surface area contributed by atoms with Crippen LogP contribution in [0.3, 0.4) is 0 Å². The van der Waals surface area contributed by atoms with Gasteiger partial charge in [-0.2, -0.15) is 5.10 Å². The Hall–Kier alpha value is -3.55. The normalized spacial score (nSPS) is 17.5. The topological polar surface area (TPSA) is 99.2 Å².